The molecule has 10 heteroatoms. The summed E-state index contributed by atoms with van der Waals surface area (Å²) in [7, 11) is -7.91. The summed E-state index contributed by atoms with van der Waals surface area (Å²) < 4.78 is 71.9. The molecule has 1 atom stereocenters. The molecule has 27 heavy (non-hydrogen) atoms. The van der Waals surface area contributed by atoms with Gasteiger partial charge < -0.3 is 4.42 Å². The highest BCUT2D eigenvalue weighted by Crippen LogP contribution is 2.31. The van der Waals surface area contributed by atoms with Gasteiger partial charge in [0.25, 0.3) is 0 Å². The minimum Gasteiger partial charge on any atom is -0.468 e. The highest BCUT2D eigenvalue weighted by Gasteiger charge is 2.33. The van der Waals surface area contributed by atoms with Crippen LogP contribution in [0.1, 0.15) is 16.6 Å². The number of thiophene rings is 1. The van der Waals surface area contributed by atoms with Crippen molar-refractivity contribution in [2.45, 2.75) is 21.3 Å². The lowest BCUT2D eigenvalue weighted by Crippen LogP contribution is -2.32. The summed E-state index contributed by atoms with van der Waals surface area (Å²) in [6, 6.07) is 9.34. The normalized spacial score (nSPS) is 13.6. The van der Waals surface area contributed by atoms with Gasteiger partial charge in [0.1, 0.15) is 21.0 Å². The third kappa shape index (κ3) is 4.13. The highest BCUT2D eigenvalue weighted by molar-refractivity contribution is 7.93. The molecule has 2 heterocycles. The summed E-state index contributed by atoms with van der Waals surface area (Å²) in [6.45, 7) is 1.04. The van der Waals surface area contributed by atoms with Gasteiger partial charge in [-0.3, -0.25) is 0 Å². The van der Waals surface area contributed by atoms with Gasteiger partial charge in [-0.2, -0.15) is 0 Å². The van der Waals surface area contributed by atoms with Crippen LogP contribution in [0.3, 0.4) is 0 Å². The average molecular weight is 430 g/mol. The molecule has 6 nitrogen and oxygen atoms in total. The van der Waals surface area contributed by atoms with Gasteiger partial charge in [-0.25, -0.2) is 25.9 Å². The van der Waals surface area contributed by atoms with Crippen molar-refractivity contribution < 1.29 is 25.6 Å². The van der Waals surface area contributed by atoms with Gasteiger partial charge in [-0.1, -0.05) is 6.07 Å². The topological polar surface area (TPSA) is 93.4 Å². The summed E-state index contributed by atoms with van der Waals surface area (Å²) in [6.07, 6.45) is 1.32. The van der Waals surface area contributed by atoms with Crippen LogP contribution in [0, 0.1) is 12.7 Å². The number of halogens is 1. The minimum atomic E-state index is -4.04. The lowest BCUT2D eigenvalue weighted by molar-refractivity contribution is 0.487. The number of sulfonamides is 1. The molecule has 0 radical (unpaired) electrons. The number of hydrogen-bond donors (Lipinski definition) is 1. The lowest BCUT2D eigenvalue weighted by atomic mass is 10.2. The molecule has 3 rings (SSSR count). The van der Waals surface area contributed by atoms with Gasteiger partial charge >= 0.3 is 0 Å². The van der Waals surface area contributed by atoms with E-state index in [4.69, 9.17) is 4.42 Å². The fourth-order valence-electron chi connectivity index (χ4n) is 2.58. The Labute approximate surface area is 160 Å². The number of sulfone groups is 1. The Morgan fingerprint density at radius 2 is 1.93 bits per heavy atom. The van der Waals surface area contributed by atoms with E-state index in [2.05, 4.69) is 4.72 Å². The first-order valence-corrected chi connectivity index (χ1v) is 11.7. The van der Waals surface area contributed by atoms with Crippen LogP contribution in [0.5, 0.6) is 0 Å². The van der Waals surface area contributed by atoms with Gasteiger partial charge in [0.05, 0.1) is 11.2 Å². The lowest BCUT2D eigenvalue weighted by Gasteiger charge is -2.16. The van der Waals surface area contributed by atoms with E-state index in [1.54, 1.807) is 11.4 Å². The van der Waals surface area contributed by atoms with Crippen molar-refractivity contribution in [3.05, 3.63) is 71.2 Å². The second kappa shape index (κ2) is 7.55. The van der Waals surface area contributed by atoms with Gasteiger partial charge in [0, 0.05) is 6.54 Å². The van der Waals surface area contributed by atoms with Crippen LogP contribution in [0.2, 0.25) is 0 Å². The first-order chi connectivity index (χ1) is 12.7. The summed E-state index contributed by atoms with van der Waals surface area (Å²) in [5, 5.41) is 0.389. The number of nitrogens with one attached hydrogen (secondary N) is 1. The van der Waals surface area contributed by atoms with Crippen molar-refractivity contribution in [3.63, 3.8) is 0 Å². The van der Waals surface area contributed by atoms with Crippen LogP contribution in [0.15, 0.2) is 67.6 Å². The smallest absolute Gasteiger partial charge is 0.240 e. The molecule has 0 saturated carbocycles. The van der Waals surface area contributed by atoms with Crippen LogP contribution in [0.4, 0.5) is 4.39 Å². The number of hydrogen-bond acceptors (Lipinski definition) is 6. The SMILES string of the molecule is Cc1cc(F)ccc1S(=O)(=O)NCC(c1ccco1)S(=O)(=O)c1cccs1. The van der Waals surface area contributed by atoms with Crippen molar-refractivity contribution >= 4 is 31.2 Å². The van der Waals surface area contributed by atoms with Gasteiger partial charge in [-0.15, -0.1) is 11.3 Å². The Hall–Kier alpha value is -2.01. The molecule has 0 aliphatic rings. The zero-order valence-corrected chi connectivity index (χ0v) is 16.6. The van der Waals surface area contributed by atoms with Crippen molar-refractivity contribution in [3.8, 4) is 0 Å². The molecule has 144 valence electrons. The summed E-state index contributed by atoms with van der Waals surface area (Å²) in [5.74, 6) is -0.429. The van der Waals surface area contributed by atoms with E-state index in [0.717, 1.165) is 29.5 Å². The molecule has 1 unspecified atom stereocenters. The molecular formula is C17H16FNO5S3. The number of rotatable bonds is 7. The van der Waals surface area contributed by atoms with Gasteiger partial charge in [0.15, 0.2) is 9.84 Å². The molecule has 1 N–H and O–H groups in total. The van der Waals surface area contributed by atoms with Crippen molar-refractivity contribution in [1.82, 2.24) is 4.72 Å². The maximum Gasteiger partial charge on any atom is 0.240 e. The summed E-state index contributed by atoms with van der Waals surface area (Å²) in [4.78, 5) is -0.115. The van der Waals surface area contributed by atoms with Crippen LogP contribution in [0.25, 0.3) is 0 Å². The molecule has 2 aromatic heterocycles. The van der Waals surface area contributed by atoms with E-state index in [1.807, 2.05) is 0 Å². The zero-order valence-electron chi connectivity index (χ0n) is 14.1. The molecular weight excluding hydrogens is 413 g/mol. The van der Waals surface area contributed by atoms with E-state index in [0.29, 0.717) is 0 Å². The van der Waals surface area contributed by atoms with Crippen LogP contribution in [-0.2, 0) is 19.9 Å². The Morgan fingerprint density at radius 1 is 1.15 bits per heavy atom. The molecule has 0 spiro atoms. The molecule has 0 bridgehead atoms. The van der Waals surface area contributed by atoms with E-state index in [1.165, 1.54) is 31.4 Å². The number of benzene rings is 1. The second-order valence-electron chi connectivity index (χ2n) is 5.74. The Bertz CT molecular complexity index is 1120. The zero-order chi connectivity index (χ0) is 19.7. The number of aryl methyl sites for hydroxylation is 1. The molecule has 0 amide bonds. The standard InChI is InChI=1S/C17H16FNO5S3/c1-12-10-13(18)6-7-15(12)27(22,23)19-11-16(14-4-2-8-24-14)26(20,21)17-5-3-9-25-17/h2-10,16,19H,11H2,1H3. The van der Waals surface area contributed by atoms with E-state index < -0.39 is 37.5 Å². The van der Waals surface area contributed by atoms with Crippen LogP contribution < -0.4 is 4.72 Å². The van der Waals surface area contributed by atoms with Gasteiger partial charge in [-0.05, 0) is 54.3 Å². The third-order valence-corrected chi connectivity index (χ3v) is 8.97. The first kappa shape index (κ1) is 19.7. The Kier molecular flexibility index (Phi) is 5.52. The molecule has 0 aliphatic carbocycles. The average Bonchev–Trinajstić information content (AvgIpc) is 3.28. The Balaban J connectivity index is 1.92. The maximum atomic E-state index is 13.2. The summed E-state index contributed by atoms with van der Waals surface area (Å²) in [5.41, 5.74) is 0.221. The molecule has 0 saturated heterocycles. The predicted octanol–water partition coefficient (Wildman–Crippen LogP) is 3.28. The second-order valence-corrected chi connectivity index (χ2v) is 10.8. The van der Waals surface area contributed by atoms with Crippen LogP contribution in [-0.4, -0.2) is 23.4 Å². The van der Waals surface area contributed by atoms with E-state index in [-0.39, 0.29) is 20.4 Å². The molecule has 0 fully saturated rings. The monoisotopic (exact) mass is 429 g/mol. The summed E-state index contributed by atoms with van der Waals surface area (Å²) >= 11 is 1.04. The van der Waals surface area contributed by atoms with Crippen LogP contribution >= 0.6 is 11.3 Å². The largest absolute Gasteiger partial charge is 0.468 e. The molecule has 3 aromatic rings. The van der Waals surface area contributed by atoms with Crippen molar-refractivity contribution in [1.29, 1.82) is 0 Å². The molecule has 0 aliphatic heterocycles. The highest BCUT2D eigenvalue weighted by atomic mass is 32.2. The fourth-order valence-corrected chi connectivity index (χ4v) is 6.75. The predicted molar refractivity (Wildman–Crippen MR) is 99.3 cm³/mol. The maximum absolute atomic E-state index is 13.2. The van der Waals surface area contributed by atoms with Gasteiger partial charge in [0.2, 0.25) is 10.0 Å². The quantitative estimate of drug-likeness (QED) is 0.622. The first-order valence-electron chi connectivity index (χ1n) is 7.78. The van der Waals surface area contributed by atoms with Crippen molar-refractivity contribution in [2.24, 2.45) is 0 Å². The molecule has 1 aromatic carbocycles. The fraction of sp³-hybridized carbons (Fsp3) is 0.176. The third-order valence-electron chi connectivity index (χ3n) is 3.90. The Morgan fingerprint density at radius 3 is 2.52 bits per heavy atom. The minimum absolute atomic E-state index is 0.112. The van der Waals surface area contributed by atoms with Crippen molar-refractivity contribution in [2.75, 3.05) is 6.54 Å². The van der Waals surface area contributed by atoms with E-state index >= 15 is 0 Å². The van der Waals surface area contributed by atoms with E-state index in [9.17, 15) is 21.2 Å². The number of furan rings is 1.